The normalized spacial score (nSPS) is 9.59. The van der Waals surface area contributed by atoms with Crippen LogP contribution >= 0.6 is 0 Å². The van der Waals surface area contributed by atoms with Crippen LogP contribution in [0.1, 0.15) is 5.69 Å². The lowest BCUT2D eigenvalue weighted by Gasteiger charge is -2.02. The first-order chi connectivity index (χ1) is 8.22. The SMILES string of the molecule is N#Cc1cc(-c2ccccc2)c([N+](=O)[O-])cn1. The third-order valence-corrected chi connectivity index (χ3v) is 2.28. The van der Waals surface area contributed by atoms with Gasteiger partial charge in [-0.2, -0.15) is 5.26 Å². The molecule has 0 saturated carbocycles. The summed E-state index contributed by atoms with van der Waals surface area (Å²) in [5.74, 6) is 0. The maximum absolute atomic E-state index is 10.9. The smallest absolute Gasteiger partial charge is 0.258 e. The molecule has 5 nitrogen and oxygen atoms in total. The summed E-state index contributed by atoms with van der Waals surface area (Å²) in [6.45, 7) is 0. The van der Waals surface area contributed by atoms with E-state index in [2.05, 4.69) is 4.98 Å². The summed E-state index contributed by atoms with van der Waals surface area (Å²) < 4.78 is 0. The molecule has 0 N–H and O–H groups in total. The molecule has 0 saturated heterocycles. The van der Waals surface area contributed by atoms with Gasteiger partial charge in [-0.25, -0.2) is 4.98 Å². The summed E-state index contributed by atoms with van der Waals surface area (Å²) in [5, 5.41) is 19.6. The topological polar surface area (TPSA) is 79.8 Å². The van der Waals surface area contributed by atoms with E-state index in [1.54, 1.807) is 24.3 Å². The van der Waals surface area contributed by atoms with Gasteiger partial charge in [-0.3, -0.25) is 10.1 Å². The highest BCUT2D eigenvalue weighted by Crippen LogP contribution is 2.29. The van der Waals surface area contributed by atoms with E-state index in [0.717, 1.165) is 6.20 Å². The molecular formula is C12H7N3O2. The number of aromatic nitrogens is 1. The third-order valence-electron chi connectivity index (χ3n) is 2.28. The van der Waals surface area contributed by atoms with Crippen LogP contribution < -0.4 is 0 Å². The minimum absolute atomic E-state index is 0.102. The number of benzene rings is 1. The first-order valence-electron chi connectivity index (χ1n) is 4.82. The Bertz CT molecular complexity index is 603. The van der Waals surface area contributed by atoms with Crippen molar-refractivity contribution in [3.8, 4) is 17.2 Å². The minimum atomic E-state index is -0.503. The maximum atomic E-state index is 10.9. The fourth-order valence-corrected chi connectivity index (χ4v) is 1.50. The Morgan fingerprint density at radius 1 is 1.29 bits per heavy atom. The second kappa shape index (κ2) is 4.41. The molecule has 2 rings (SSSR count). The van der Waals surface area contributed by atoms with E-state index >= 15 is 0 Å². The molecule has 5 heteroatoms. The minimum Gasteiger partial charge on any atom is -0.258 e. The Morgan fingerprint density at radius 2 is 2.00 bits per heavy atom. The van der Waals surface area contributed by atoms with Crippen molar-refractivity contribution < 1.29 is 4.92 Å². The van der Waals surface area contributed by atoms with Crippen LogP contribution in [-0.2, 0) is 0 Å². The van der Waals surface area contributed by atoms with Gasteiger partial charge in [-0.1, -0.05) is 30.3 Å². The van der Waals surface area contributed by atoms with Crippen molar-refractivity contribution in [1.29, 1.82) is 5.26 Å². The average molecular weight is 225 g/mol. The van der Waals surface area contributed by atoms with Crippen molar-refractivity contribution in [2.45, 2.75) is 0 Å². The van der Waals surface area contributed by atoms with Gasteiger partial charge in [0.2, 0.25) is 0 Å². The number of nitrogens with zero attached hydrogens (tertiary/aromatic N) is 3. The van der Waals surface area contributed by atoms with E-state index in [0.29, 0.717) is 11.1 Å². The molecule has 0 amide bonds. The molecular weight excluding hydrogens is 218 g/mol. The summed E-state index contributed by atoms with van der Waals surface area (Å²) in [6, 6.07) is 12.2. The molecule has 1 heterocycles. The van der Waals surface area contributed by atoms with E-state index in [1.807, 2.05) is 12.1 Å². The Kier molecular flexibility index (Phi) is 2.79. The lowest BCUT2D eigenvalue weighted by molar-refractivity contribution is -0.384. The molecule has 0 spiro atoms. The molecule has 0 bridgehead atoms. The second-order valence-corrected chi connectivity index (χ2v) is 3.32. The van der Waals surface area contributed by atoms with E-state index in [1.165, 1.54) is 6.07 Å². The fourth-order valence-electron chi connectivity index (χ4n) is 1.50. The number of rotatable bonds is 2. The van der Waals surface area contributed by atoms with Crippen molar-refractivity contribution in [3.63, 3.8) is 0 Å². The lowest BCUT2D eigenvalue weighted by Crippen LogP contribution is -1.95. The van der Waals surface area contributed by atoms with Gasteiger partial charge in [0.1, 0.15) is 18.0 Å². The predicted octanol–water partition coefficient (Wildman–Crippen LogP) is 2.53. The molecule has 0 atom stereocenters. The van der Waals surface area contributed by atoms with E-state index in [-0.39, 0.29) is 11.4 Å². The van der Waals surface area contributed by atoms with Gasteiger partial charge in [0.05, 0.1) is 10.5 Å². The van der Waals surface area contributed by atoms with Crippen molar-refractivity contribution >= 4 is 5.69 Å². The van der Waals surface area contributed by atoms with Crippen molar-refractivity contribution in [3.05, 3.63) is 58.4 Å². The molecule has 0 radical (unpaired) electrons. The van der Waals surface area contributed by atoms with Gasteiger partial charge >= 0.3 is 0 Å². The molecule has 0 aliphatic carbocycles. The summed E-state index contributed by atoms with van der Waals surface area (Å²) in [6.07, 6.45) is 1.11. The van der Waals surface area contributed by atoms with Crippen LogP contribution in [0.5, 0.6) is 0 Å². The standard InChI is InChI=1S/C12H7N3O2/c13-7-10-6-11(9-4-2-1-3-5-9)12(8-14-10)15(16)17/h1-6,8H. The second-order valence-electron chi connectivity index (χ2n) is 3.32. The summed E-state index contributed by atoms with van der Waals surface area (Å²) in [4.78, 5) is 14.1. The Morgan fingerprint density at radius 3 is 2.59 bits per heavy atom. The average Bonchev–Trinajstić information content (AvgIpc) is 2.39. The highest BCUT2D eigenvalue weighted by atomic mass is 16.6. The lowest BCUT2D eigenvalue weighted by atomic mass is 10.0. The van der Waals surface area contributed by atoms with Crippen molar-refractivity contribution in [1.82, 2.24) is 4.98 Å². The summed E-state index contributed by atoms with van der Waals surface area (Å²) in [5.41, 5.74) is 1.16. The van der Waals surface area contributed by atoms with Gasteiger partial charge in [0, 0.05) is 0 Å². The van der Waals surface area contributed by atoms with Crippen LogP contribution in [0.4, 0.5) is 5.69 Å². The summed E-state index contributed by atoms with van der Waals surface area (Å²) in [7, 11) is 0. The van der Waals surface area contributed by atoms with Gasteiger partial charge in [-0.15, -0.1) is 0 Å². The van der Waals surface area contributed by atoms with E-state index < -0.39 is 4.92 Å². The maximum Gasteiger partial charge on any atom is 0.295 e. The Hall–Kier alpha value is -2.74. The van der Waals surface area contributed by atoms with E-state index in [9.17, 15) is 10.1 Å². The van der Waals surface area contributed by atoms with E-state index in [4.69, 9.17) is 5.26 Å². The molecule has 0 unspecified atom stereocenters. The highest BCUT2D eigenvalue weighted by molar-refractivity contribution is 5.73. The van der Waals surface area contributed by atoms with Crippen molar-refractivity contribution in [2.75, 3.05) is 0 Å². The Labute approximate surface area is 97.1 Å². The van der Waals surface area contributed by atoms with Crippen LogP contribution in [0.3, 0.4) is 0 Å². The zero-order valence-electron chi connectivity index (χ0n) is 8.70. The zero-order chi connectivity index (χ0) is 12.3. The van der Waals surface area contributed by atoms with Crippen LogP contribution in [0.2, 0.25) is 0 Å². The first-order valence-corrected chi connectivity index (χ1v) is 4.82. The van der Waals surface area contributed by atoms with Gasteiger partial charge < -0.3 is 0 Å². The molecule has 1 aromatic heterocycles. The quantitative estimate of drug-likeness (QED) is 0.581. The van der Waals surface area contributed by atoms with Gasteiger partial charge in [0.25, 0.3) is 5.69 Å². The predicted molar refractivity (Wildman–Crippen MR) is 61.0 cm³/mol. The third kappa shape index (κ3) is 2.11. The van der Waals surface area contributed by atoms with Crippen LogP contribution in [-0.4, -0.2) is 9.91 Å². The fraction of sp³-hybridized carbons (Fsp3) is 0. The Balaban J connectivity index is 2.66. The number of pyridine rings is 1. The van der Waals surface area contributed by atoms with Gasteiger partial charge in [-0.05, 0) is 11.6 Å². The zero-order valence-corrected chi connectivity index (χ0v) is 8.70. The van der Waals surface area contributed by atoms with Crippen LogP contribution in [0.15, 0.2) is 42.6 Å². The largest absolute Gasteiger partial charge is 0.295 e. The molecule has 0 aliphatic rings. The molecule has 82 valence electrons. The van der Waals surface area contributed by atoms with Crippen LogP contribution in [0, 0.1) is 21.4 Å². The molecule has 1 aromatic carbocycles. The molecule has 17 heavy (non-hydrogen) atoms. The van der Waals surface area contributed by atoms with Crippen LogP contribution in [0.25, 0.3) is 11.1 Å². The molecule has 0 aliphatic heterocycles. The summed E-state index contributed by atoms with van der Waals surface area (Å²) >= 11 is 0. The molecule has 0 fully saturated rings. The number of nitriles is 1. The number of nitro groups is 1. The molecule has 2 aromatic rings. The van der Waals surface area contributed by atoms with Crippen molar-refractivity contribution in [2.24, 2.45) is 0 Å². The van der Waals surface area contributed by atoms with Gasteiger partial charge in [0.15, 0.2) is 0 Å². The first kappa shape index (κ1) is 10.8. The number of hydrogen-bond donors (Lipinski definition) is 0. The highest BCUT2D eigenvalue weighted by Gasteiger charge is 2.16. The monoisotopic (exact) mass is 225 g/mol. The number of hydrogen-bond acceptors (Lipinski definition) is 4.